The Morgan fingerprint density at radius 2 is 1.49 bits per heavy atom. The number of primary amides is 1. The number of nitrogens with zero attached hydrogens (tertiary/aromatic N) is 1. The Balaban J connectivity index is 1.98. The van der Waals surface area contributed by atoms with Crippen LogP contribution in [0.5, 0.6) is 5.75 Å². The summed E-state index contributed by atoms with van der Waals surface area (Å²) in [4.78, 5) is 66.7. The summed E-state index contributed by atoms with van der Waals surface area (Å²) < 4.78 is 32.1. The van der Waals surface area contributed by atoms with E-state index in [9.17, 15) is 44.4 Å². The number of ether oxygens (including phenoxy) is 6. The molecule has 1 aliphatic rings. The quantitative estimate of drug-likeness (QED) is 0.0410. The number of aliphatic hydroxyl groups excluding tert-OH is 3. The summed E-state index contributed by atoms with van der Waals surface area (Å²) in [7, 11) is 1.32. The lowest BCUT2D eigenvalue weighted by Crippen LogP contribution is -2.61. The van der Waals surface area contributed by atoms with E-state index in [0.29, 0.717) is 33.0 Å². The van der Waals surface area contributed by atoms with E-state index >= 15 is 0 Å². The lowest BCUT2D eigenvalue weighted by Gasteiger charge is -2.38. The van der Waals surface area contributed by atoms with Gasteiger partial charge in [-0.2, -0.15) is 0 Å². The standard InChI is InChI=1S/C32H51N5O16/c1-18(2)24(29(33)43)37(3)32(46)50-17-19-16-20(4-5-21(19)52-31-27(42)25(40)26(41)28(53-31)30(44)45)36-23(39)7-6-22(38)35-8-9-47-10-11-48-12-13-49-14-15-51-34/h4-5,16,18,24-28,31,40-42H,6-15,17,34H2,1-3H3,(H2,33,43)(H,35,38)(H,36,39)(H,44,45)/t24-,25?,26?,27?,28?,31?/m0/s1. The molecule has 0 bridgehead atoms. The van der Waals surface area contributed by atoms with Crippen LogP contribution < -0.4 is 27.0 Å². The molecule has 5 unspecified atom stereocenters. The fourth-order valence-electron chi connectivity index (χ4n) is 4.93. The molecule has 300 valence electrons. The van der Waals surface area contributed by atoms with Crippen LogP contribution in [0.15, 0.2) is 18.2 Å². The van der Waals surface area contributed by atoms with Crippen LogP contribution in [0.1, 0.15) is 32.3 Å². The maximum Gasteiger partial charge on any atom is 0.410 e. The lowest BCUT2D eigenvalue weighted by atomic mass is 9.99. The molecular weight excluding hydrogens is 710 g/mol. The first-order valence-electron chi connectivity index (χ1n) is 16.7. The van der Waals surface area contributed by atoms with Gasteiger partial charge in [0.1, 0.15) is 36.7 Å². The summed E-state index contributed by atoms with van der Waals surface area (Å²) in [6.45, 7) is 5.32. The third-order valence-electron chi connectivity index (χ3n) is 7.62. The Hall–Kier alpha value is -4.19. The van der Waals surface area contributed by atoms with Crippen molar-refractivity contribution in [1.82, 2.24) is 10.2 Å². The minimum atomic E-state index is -1.96. The second kappa shape index (κ2) is 23.5. The third-order valence-corrected chi connectivity index (χ3v) is 7.62. The first-order chi connectivity index (χ1) is 25.2. The highest BCUT2D eigenvalue weighted by Gasteiger charge is 2.48. The summed E-state index contributed by atoms with van der Waals surface area (Å²) in [5, 5.41) is 45.3. The summed E-state index contributed by atoms with van der Waals surface area (Å²) in [6.07, 6.45) is -10.8. The van der Waals surface area contributed by atoms with E-state index in [1.165, 1.54) is 25.2 Å². The molecule has 1 fully saturated rings. The zero-order chi connectivity index (χ0) is 39.5. The molecule has 1 aromatic carbocycles. The van der Waals surface area contributed by atoms with E-state index < -0.39 is 73.1 Å². The molecule has 0 radical (unpaired) electrons. The van der Waals surface area contributed by atoms with Gasteiger partial charge in [0.25, 0.3) is 0 Å². The zero-order valence-corrected chi connectivity index (χ0v) is 29.8. The average molecular weight is 762 g/mol. The maximum absolute atomic E-state index is 12.9. The molecule has 10 N–H and O–H groups in total. The fraction of sp³-hybridized carbons (Fsp3) is 0.656. The summed E-state index contributed by atoms with van der Waals surface area (Å²) in [5.41, 5.74) is 5.69. The maximum atomic E-state index is 12.9. The summed E-state index contributed by atoms with van der Waals surface area (Å²) in [6, 6.07) is 3.00. The van der Waals surface area contributed by atoms with Crippen LogP contribution >= 0.6 is 0 Å². The van der Waals surface area contributed by atoms with Gasteiger partial charge in [-0.25, -0.2) is 15.5 Å². The lowest BCUT2D eigenvalue weighted by molar-refractivity contribution is -0.271. The number of amides is 4. The van der Waals surface area contributed by atoms with E-state index in [1.54, 1.807) is 13.8 Å². The molecule has 4 amide bonds. The Labute approximate surface area is 305 Å². The van der Waals surface area contributed by atoms with E-state index in [4.69, 9.17) is 40.1 Å². The number of aliphatic carboxylic acids is 1. The minimum absolute atomic E-state index is 0.0714. The molecule has 1 aromatic rings. The van der Waals surface area contributed by atoms with Crippen molar-refractivity contribution in [2.75, 3.05) is 65.2 Å². The minimum Gasteiger partial charge on any atom is -0.479 e. The van der Waals surface area contributed by atoms with Crippen molar-refractivity contribution in [3.05, 3.63) is 23.8 Å². The van der Waals surface area contributed by atoms with Crippen molar-refractivity contribution in [2.45, 2.75) is 70.0 Å². The highest BCUT2D eigenvalue weighted by atomic mass is 16.7. The largest absolute Gasteiger partial charge is 0.479 e. The molecule has 1 saturated heterocycles. The number of likely N-dealkylation sites (N-methyl/N-ethyl adjacent to an activating group) is 1. The Kier molecular flexibility index (Phi) is 19.9. The van der Waals surface area contributed by atoms with Crippen LogP contribution in [0.2, 0.25) is 0 Å². The van der Waals surface area contributed by atoms with Gasteiger partial charge >= 0.3 is 12.1 Å². The number of carboxylic acids is 1. The number of nitrogens with two attached hydrogens (primary N) is 2. The number of carbonyl (C=O) groups is 5. The first kappa shape index (κ1) is 45.0. The van der Waals surface area contributed by atoms with E-state index in [1.807, 2.05) is 0 Å². The second-order valence-corrected chi connectivity index (χ2v) is 12.0. The molecule has 6 atom stereocenters. The molecule has 21 heteroatoms. The van der Waals surface area contributed by atoms with Crippen LogP contribution in [0.25, 0.3) is 0 Å². The fourth-order valence-corrected chi connectivity index (χ4v) is 4.93. The van der Waals surface area contributed by atoms with E-state index in [0.717, 1.165) is 4.90 Å². The van der Waals surface area contributed by atoms with Crippen LogP contribution in [0, 0.1) is 5.92 Å². The van der Waals surface area contributed by atoms with Gasteiger partial charge in [0, 0.05) is 37.7 Å². The predicted molar refractivity (Wildman–Crippen MR) is 181 cm³/mol. The number of aliphatic hydroxyl groups is 3. The molecular formula is C32H51N5O16. The number of benzene rings is 1. The highest BCUT2D eigenvalue weighted by molar-refractivity contribution is 5.93. The van der Waals surface area contributed by atoms with Crippen molar-refractivity contribution < 1.29 is 77.7 Å². The number of carboxylic acid groups (broad SMARTS) is 1. The predicted octanol–water partition coefficient (Wildman–Crippen LogP) is -2.19. The third kappa shape index (κ3) is 15.4. The van der Waals surface area contributed by atoms with Gasteiger partial charge < -0.3 is 70.1 Å². The molecule has 1 heterocycles. The van der Waals surface area contributed by atoms with Crippen molar-refractivity contribution >= 4 is 35.5 Å². The van der Waals surface area contributed by atoms with E-state index in [2.05, 4.69) is 15.5 Å². The van der Waals surface area contributed by atoms with Gasteiger partial charge in [0.15, 0.2) is 6.10 Å². The molecule has 1 aliphatic heterocycles. The first-order valence-corrected chi connectivity index (χ1v) is 16.7. The van der Waals surface area contributed by atoms with Gasteiger partial charge in [0.05, 0.1) is 46.2 Å². The SMILES string of the molecule is CC(C)[C@@H](C(N)=O)N(C)C(=O)OCc1cc(NC(=O)CCC(=O)NCCOCCOCCOCCON)ccc1OC1OC(C(=O)O)C(O)C(O)C1O. The van der Waals surface area contributed by atoms with Gasteiger partial charge in [-0.15, -0.1) is 0 Å². The normalized spacial score (nSPS) is 20.3. The molecule has 0 aliphatic carbocycles. The van der Waals surface area contributed by atoms with Crippen LogP contribution in [0.4, 0.5) is 10.5 Å². The number of hydrogen-bond donors (Lipinski definition) is 8. The number of hydrogen-bond acceptors (Lipinski definition) is 16. The van der Waals surface area contributed by atoms with Crippen molar-refractivity contribution in [1.29, 1.82) is 0 Å². The number of anilines is 1. The Morgan fingerprint density at radius 3 is 2.08 bits per heavy atom. The Morgan fingerprint density at radius 1 is 0.887 bits per heavy atom. The zero-order valence-electron chi connectivity index (χ0n) is 29.8. The Bertz CT molecular complexity index is 1340. The number of carbonyl (C=O) groups excluding carboxylic acids is 4. The molecule has 0 aromatic heterocycles. The van der Waals surface area contributed by atoms with Crippen molar-refractivity contribution in [3.63, 3.8) is 0 Å². The van der Waals surface area contributed by atoms with Crippen LogP contribution in [-0.4, -0.2) is 152 Å². The number of rotatable bonds is 24. The summed E-state index contributed by atoms with van der Waals surface area (Å²) in [5.74, 6) is 1.09. The van der Waals surface area contributed by atoms with Gasteiger partial charge in [-0.3, -0.25) is 19.3 Å². The van der Waals surface area contributed by atoms with E-state index in [-0.39, 0.29) is 55.5 Å². The van der Waals surface area contributed by atoms with Gasteiger partial charge in [-0.1, -0.05) is 13.8 Å². The highest BCUT2D eigenvalue weighted by Crippen LogP contribution is 2.30. The number of nitrogens with one attached hydrogen (secondary N) is 2. The topological polar surface area (TPSA) is 310 Å². The van der Waals surface area contributed by atoms with Gasteiger partial charge in [-0.05, 0) is 24.1 Å². The van der Waals surface area contributed by atoms with Crippen molar-refractivity contribution in [2.24, 2.45) is 17.5 Å². The van der Waals surface area contributed by atoms with Crippen molar-refractivity contribution in [3.8, 4) is 5.75 Å². The molecule has 53 heavy (non-hydrogen) atoms. The average Bonchev–Trinajstić information content (AvgIpc) is 3.10. The second-order valence-electron chi connectivity index (χ2n) is 12.0. The smallest absolute Gasteiger partial charge is 0.410 e. The monoisotopic (exact) mass is 761 g/mol. The molecule has 0 spiro atoms. The molecule has 2 rings (SSSR count). The molecule has 0 saturated carbocycles. The molecule has 21 nitrogen and oxygen atoms in total. The van der Waals surface area contributed by atoms with Crippen LogP contribution in [-0.2, 0) is 54.3 Å². The van der Waals surface area contributed by atoms with Crippen LogP contribution in [0.3, 0.4) is 0 Å². The summed E-state index contributed by atoms with van der Waals surface area (Å²) >= 11 is 0. The van der Waals surface area contributed by atoms with Gasteiger partial charge in [0.2, 0.25) is 24.0 Å².